The molecule has 88 valence electrons. The Kier molecular flexibility index (Phi) is 4.25. The molecule has 0 unspecified atom stereocenters. The smallest absolute Gasteiger partial charge is 0.260 e. The zero-order valence-electron chi connectivity index (χ0n) is 9.49. The molecule has 0 bridgehead atoms. The first-order chi connectivity index (χ1) is 7.60. The number of H-pyrrole nitrogens is 1. The van der Waals surface area contributed by atoms with Gasteiger partial charge in [0.2, 0.25) is 0 Å². The van der Waals surface area contributed by atoms with Crippen molar-refractivity contribution in [3.8, 4) is 0 Å². The molecule has 5 heteroatoms. The van der Waals surface area contributed by atoms with Crippen molar-refractivity contribution in [3.63, 3.8) is 0 Å². The van der Waals surface area contributed by atoms with Gasteiger partial charge in [0.25, 0.3) is 11.5 Å². The molecule has 1 amide bonds. The van der Waals surface area contributed by atoms with Gasteiger partial charge in [-0.2, -0.15) is 0 Å². The summed E-state index contributed by atoms with van der Waals surface area (Å²) in [6.45, 7) is 4.15. The molecule has 1 aromatic heterocycles. The van der Waals surface area contributed by atoms with Crippen LogP contribution in [0.15, 0.2) is 16.9 Å². The van der Waals surface area contributed by atoms with Crippen LogP contribution in [0.25, 0.3) is 0 Å². The number of hydrogen-bond donors (Lipinski definition) is 2. The summed E-state index contributed by atoms with van der Waals surface area (Å²) >= 11 is 0. The lowest BCUT2D eigenvalue weighted by Crippen LogP contribution is -2.36. The third kappa shape index (κ3) is 2.70. The van der Waals surface area contributed by atoms with Gasteiger partial charge in [-0.3, -0.25) is 9.59 Å². The first-order valence-electron chi connectivity index (χ1n) is 5.20. The summed E-state index contributed by atoms with van der Waals surface area (Å²) in [5.74, 6) is -0.349. The summed E-state index contributed by atoms with van der Waals surface area (Å²) in [5.41, 5.74) is 0.439. The van der Waals surface area contributed by atoms with Gasteiger partial charge in [-0.25, -0.2) is 0 Å². The number of nitrogens with one attached hydrogen (secondary N) is 1. The van der Waals surface area contributed by atoms with Crippen molar-refractivity contribution in [2.24, 2.45) is 0 Å². The van der Waals surface area contributed by atoms with E-state index in [9.17, 15) is 9.59 Å². The second-order valence-corrected chi connectivity index (χ2v) is 3.49. The van der Waals surface area contributed by atoms with Gasteiger partial charge in [-0.05, 0) is 26.0 Å². The van der Waals surface area contributed by atoms with Gasteiger partial charge >= 0.3 is 0 Å². The summed E-state index contributed by atoms with van der Waals surface area (Å²) in [5, 5.41) is 8.80. The Morgan fingerprint density at radius 1 is 1.50 bits per heavy atom. The zero-order valence-corrected chi connectivity index (χ0v) is 9.49. The number of carbonyl (C=O) groups excluding carboxylic acids is 1. The van der Waals surface area contributed by atoms with Crippen molar-refractivity contribution in [2.45, 2.75) is 13.8 Å². The average molecular weight is 224 g/mol. The minimum absolute atomic E-state index is 0.108. The van der Waals surface area contributed by atoms with Crippen molar-refractivity contribution in [1.29, 1.82) is 0 Å². The van der Waals surface area contributed by atoms with E-state index in [1.807, 2.05) is 0 Å². The van der Waals surface area contributed by atoms with E-state index in [1.54, 1.807) is 19.9 Å². The summed E-state index contributed by atoms with van der Waals surface area (Å²) in [6, 6.07) is 3.19. The van der Waals surface area contributed by atoms with Crippen molar-refractivity contribution >= 4 is 5.91 Å². The highest BCUT2D eigenvalue weighted by Gasteiger charge is 2.16. The Morgan fingerprint density at radius 2 is 2.19 bits per heavy atom. The molecular formula is C11H16N2O3. The molecule has 0 radical (unpaired) electrons. The van der Waals surface area contributed by atoms with Gasteiger partial charge in [0.05, 0.1) is 6.61 Å². The van der Waals surface area contributed by atoms with Crippen LogP contribution in [0.5, 0.6) is 0 Å². The second-order valence-electron chi connectivity index (χ2n) is 3.49. The molecule has 1 aromatic rings. The Labute approximate surface area is 93.7 Å². The van der Waals surface area contributed by atoms with Crippen LogP contribution in [0.2, 0.25) is 0 Å². The molecule has 0 aliphatic heterocycles. The number of carbonyl (C=O) groups is 1. The SMILES string of the molecule is CCN(CCO)C(=O)c1ccc(C)[nH]c1=O. The Balaban J connectivity index is 2.99. The summed E-state index contributed by atoms with van der Waals surface area (Å²) in [7, 11) is 0. The number of aliphatic hydroxyl groups excluding tert-OH is 1. The number of amides is 1. The number of likely N-dealkylation sites (N-methyl/N-ethyl adjacent to an activating group) is 1. The van der Waals surface area contributed by atoms with Gasteiger partial charge in [-0.15, -0.1) is 0 Å². The van der Waals surface area contributed by atoms with Gasteiger partial charge in [0, 0.05) is 18.8 Å². The highest BCUT2D eigenvalue weighted by molar-refractivity contribution is 5.93. The van der Waals surface area contributed by atoms with Crippen LogP contribution in [0, 0.1) is 6.92 Å². The maximum absolute atomic E-state index is 11.9. The number of aliphatic hydroxyl groups is 1. The topological polar surface area (TPSA) is 73.4 Å². The van der Waals surface area contributed by atoms with E-state index < -0.39 is 0 Å². The molecule has 0 saturated carbocycles. The fourth-order valence-electron chi connectivity index (χ4n) is 1.43. The highest BCUT2D eigenvalue weighted by Crippen LogP contribution is 2.00. The Bertz CT molecular complexity index is 425. The Morgan fingerprint density at radius 3 is 2.69 bits per heavy atom. The lowest BCUT2D eigenvalue weighted by molar-refractivity contribution is 0.0730. The summed E-state index contributed by atoms with van der Waals surface area (Å²) in [4.78, 5) is 27.4. The fraction of sp³-hybridized carbons (Fsp3) is 0.455. The van der Waals surface area contributed by atoms with E-state index in [2.05, 4.69) is 4.98 Å². The zero-order chi connectivity index (χ0) is 12.1. The minimum Gasteiger partial charge on any atom is -0.395 e. The maximum atomic E-state index is 11.9. The van der Waals surface area contributed by atoms with E-state index >= 15 is 0 Å². The van der Waals surface area contributed by atoms with E-state index in [4.69, 9.17) is 5.11 Å². The molecule has 0 fully saturated rings. The highest BCUT2D eigenvalue weighted by atomic mass is 16.3. The van der Waals surface area contributed by atoms with Crippen molar-refractivity contribution in [2.75, 3.05) is 19.7 Å². The van der Waals surface area contributed by atoms with Crippen molar-refractivity contribution in [3.05, 3.63) is 33.7 Å². The largest absolute Gasteiger partial charge is 0.395 e. The minimum atomic E-state index is -0.388. The van der Waals surface area contributed by atoms with E-state index in [0.717, 1.165) is 0 Å². The molecule has 0 atom stereocenters. The van der Waals surface area contributed by atoms with Crippen LogP contribution in [0.3, 0.4) is 0 Å². The molecule has 16 heavy (non-hydrogen) atoms. The first kappa shape index (κ1) is 12.4. The monoisotopic (exact) mass is 224 g/mol. The number of hydrogen-bond acceptors (Lipinski definition) is 3. The van der Waals surface area contributed by atoms with Crippen LogP contribution >= 0.6 is 0 Å². The molecule has 0 saturated heterocycles. The number of aromatic amines is 1. The third-order valence-electron chi connectivity index (χ3n) is 2.32. The molecule has 0 aliphatic carbocycles. The van der Waals surface area contributed by atoms with Crippen molar-refractivity contribution in [1.82, 2.24) is 9.88 Å². The van der Waals surface area contributed by atoms with E-state index in [1.165, 1.54) is 11.0 Å². The van der Waals surface area contributed by atoms with Crippen LogP contribution < -0.4 is 5.56 Å². The molecule has 1 heterocycles. The molecular weight excluding hydrogens is 208 g/mol. The van der Waals surface area contributed by atoms with Gasteiger partial charge in [-0.1, -0.05) is 0 Å². The fourth-order valence-corrected chi connectivity index (χ4v) is 1.43. The molecule has 0 aromatic carbocycles. The van der Waals surface area contributed by atoms with Gasteiger partial charge in [0.1, 0.15) is 5.56 Å². The number of nitrogens with zero attached hydrogens (tertiary/aromatic N) is 1. The van der Waals surface area contributed by atoms with Crippen LogP contribution in [0.1, 0.15) is 23.0 Å². The van der Waals surface area contributed by atoms with Gasteiger partial charge < -0.3 is 15.0 Å². The summed E-state index contributed by atoms with van der Waals surface area (Å²) in [6.07, 6.45) is 0. The Hall–Kier alpha value is -1.62. The molecule has 2 N–H and O–H groups in total. The lowest BCUT2D eigenvalue weighted by atomic mass is 10.2. The summed E-state index contributed by atoms with van der Waals surface area (Å²) < 4.78 is 0. The number of aryl methyl sites for hydroxylation is 1. The molecule has 5 nitrogen and oxygen atoms in total. The van der Waals surface area contributed by atoms with Crippen LogP contribution in [-0.2, 0) is 0 Å². The lowest BCUT2D eigenvalue weighted by Gasteiger charge is -2.19. The maximum Gasteiger partial charge on any atom is 0.260 e. The standard InChI is InChI=1S/C11H16N2O3/c1-3-13(6-7-14)11(16)9-5-4-8(2)12-10(9)15/h4-5,14H,3,6-7H2,1-2H3,(H,12,15). The second kappa shape index (κ2) is 5.46. The normalized spacial score (nSPS) is 10.2. The van der Waals surface area contributed by atoms with E-state index in [-0.39, 0.29) is 30.2 Å². The van der Waals surface area contributed by atoms with Crippen molar-refractivity contribution < 1.29 is 9.90 Å². The first-order valence-corrected chi connectivity index (χ1v) is 5.20. The predicted octanol–water partition coefficient (Wildman–Crippen LogP) is 0.138. The van der Waals surface area contributed by atoms with E-state index in [0.29, 0.717) is 12.2 Å². The number of rotatable bonds is 4. The van der Waals surface area contributed by atoms with Crippen LogP contribution in [0.4, 0.5) is 0 Å². The quantitative estimate of drug-likeness (QED) is 0.764. The molecule has 1 rings (SSSR count). The molecule has 0 spiro atoms. The van der Waals surface area contributed by atoms with Crippen LogP contribution in [-0.4, -0.2) is 40.6 Å². The van der Waals surface area contributed by atoms with Gasteiger partial charge in [0.15, 0.2) is 0 Å². The molecule has 0 aliphatic rings. The average Bonchev–Trinajstić information content (AvgIpc) is 2.25. The number of pyridine rings is 1. The number of aromatic nitrogens is 1. The third-order valence-corrected chi connectivity index (χ3v) is 2.32. The predicted molar refractivity (Wildman–Crippen MR) is 60.5 cm³/mol.